The summed E-state index contributed by atoms with van der Waals surface area (Å²) in [5.74, 6) is 0.942. The summed E-state index contributed by atoms with van der Waals surface area (Å²) in [6.45, 7) is 1.32. The second kappa shape index (κ2) is 8.77. The Bertz CT molecular complexity index is 1130. The van der Waals surface area contributed by atoms with Crippen LogP contribution in [0.4, 0.5) is 5.82 Å². The van der Waals surface area contributed by atoms with E-state index in [1.54, 1.807) is 17.7 Å². The number of anilines is 1. The third kappa shape index (κ3) is 3.95. The number of allylic oxidation sites excluding steroid dienone is 1. The Labute approximate surface area is 185 Å². The molecule has 3 aromatic rings. The monoisotopic (exact) mass is 434 g/mol. The standard InChI is InChI=1S/C24H26N4O2S/c29-14-19(16-7-3-1-4-8-16)27-22-21-18-11-12-28(24(30)17-9-5-2-6-10-17)13-20(18)31-23(21)26-15-25-22/h1,3-4,7-9,15,19,29H,2,5-6,10-14H2,(H,25,26,27)/t19-/m1/s1. The van der Waals surface area contributed by atoms with E-state index in [1.807, 2.05) is 35.2 Å². The minimum atomic E-state index is -0.241. The first-order chi connectivity index (χ1) is 15.2. The van der Waals surface area contributed by atoms with Crippen LogP contribution >= 0.6 is 11.3 Å². The van der Waals surface area contributed by atoms with Gasteiger partial charge >= 0.3 is 0 Å². The number of carbonyl (C=O) groups is 1. The van der Waals surface area contributed by atoms with Crippen LogP contribution in [0, 0.1) is 0 Å². The molecule has 0 radical (unpaired) electrons. The molecule has 1 amide bonds. The molecular formula is C24H26N4O2S. The molecule has 1 aliphatic heterocycles. The van der Waals surface area contributed by atoms with Crippen molar-refractivity contribution in [2.24, 2.45) is 0 Å². The lowest BCUT2D eigenvalue weighted by atomic mass is 9.97. The molecule has 2 N–H and O–H groups in total. The van der Waals surface area contributed by atoms with Crippen LogP contribution in [0.15, 0.2) is 48.3 Å². The van der Waals surface area contributed by atoms with Gasteiger partial charge in [-0.25, -0.2) is 9.97 Å². The van der Waals surface area contributed by atoms with Gasteiger partial charge in [0, 0.05) is 17.0 Å². The van der Waals surface area contributed by atoms with Crippen molar-refractivity contribution in [3.8, 4) is 0 Å². The third-order valence-corrected chi connectivity index (χ3v) is 7.31. The number of hydrogen-bond donors (Lipinski definition) is 2. The van der Waals surface area contributed by atoms with Crippen LogP contribution in [-0.4, -0.2) is 39.0 Å². The van der Waals surface area contributed by atoms with Crippen molar-refractivity contribution < 1.29 is 9.90 Å². The summed E-state index contributed by atoms with van der Waals surface area (Å²) < 4.78 is 0. The highest BCUT2D eigenvalue weighted by atomic mass is 32.1. The fourth-order valence-corrected chi connectivity index (χ4v) is 5.73. The second-order valence-electron chi connectivity index (χ2n) is 8.15. The Hall–Kier alpha value is -2.77. The number of carbonyl (C=O) groups excluding carboxylic acids is 1. The van der Waals surface area contributed by atoms with Gasteiger partial charge in [-0.3, -0.25) is 4.79 Å². The predicted octanol–water partition coefficient (Wildman–Crippen LogP) is 4.22. The fourth-order valence-electron chi connectivity index (χ4n) is 4.53. The number of nitrogens with zero attached hydrogens (tertiary/aromatic N) is 3. The van der Waals surface area contributed by atoms with E-state index >= 15 is 0 Å². The van der Waals surface area contributed by atoms with Gasteiger partial charge in [0.05, 0.1) is 24.6 Å². The molecule has 3 heterocycles. The van der Waals surface area contributed by atoms with Crippen LogP contribution in [0.1, 0.15) is 47.7 Å². The summed E-state index contributed by atoms with van der Waals surface area (Å²) in [4.78, 5) is 26.1. The van der Waals surface area contributed by atoms with Crippen molar-refractivity contribution in [1.29, 1.82) is 0 Å². The Balaban J connectivity index is 1.43. The van der Waals surface area contributed by atoms with Crippen molar-refractivity contribution in [3.05, 3.63) is 64.3 Å². The van der Waals surface area contributed by atoms with Crippen molar-refractivity contribution in [1.82, 2.24) is 14.9 Å². The summed E-state index contributed by atoms with van der Waals surface area (Å²) in [5, 5.41) is 14.4. The van der Waals surface area contributed by atoms with Crippen LogP contribution in [0.25, 0.3) is 10.2 Å². The zero-order valence-electron chi connectivity index (χ0n) is 17.4. The molecule has 1 atom stereocenters. The number of aliphatic hydroxyl groups excluding tert-OH is 1. The van der Waals surface area contributed by atoms with E-state index in [1.165, 1.54) is 16.9 Å². The van der Waals surface area contributed by atoms with Gasteiger partial charge in [0.25, 0.3) is 0 Å². The number of fused-ring (bicyclic) bond motifs is 3. The molecule has 160 valence electrons. The number of amides is 1. The molecule has 2 aromatic heterocycles. The SMILES string of the molecule is O=C(C1=CCCCC1)N1CCc2c(sc3ncnc(N[C@H](CO)c4ccccc4)c23)C1. The smallest absolute Gasteiger partial charge is 0.249 e. The molecule has 1 aliphatic carbocycles. The molecule has 7 heteroatoms. The Morgan fingerprint density at radius 2 is 2.06 bits per heavy atom. The second-order valence-corrected chi connectivity index (χ2v) is 9.23. The van der Waals surface area contributed by atoms with Crippen molar-refractivity contribution >= 4 is 33.3 Å². The van der Waals surface area contributed by atoms with E-state index in [4.69, 9.17) is 0 Å². The lowest BCUT2D eigenvalue weighted by Crippen LogP contribution is -2.36. The van der Waals surface area contributed by atoms with E-state index in [9.17, 15) is 9.90 Å². The van der Waals surface area contributed by atoms with Gasteiger partial charge in [0.1, 0.15) is 17.0 Å². The molecule has 31 heavy (non-hydrogen) atoms. The average molecular weight is 435 g/mol. The number of nitrogens with one attached hydrogen (secondary N) is 1. The Morgan fingerprint density at radius 1 is 1.19 bits per heavy atom. The summed E-state index contributed by atoms with van der Waals surface area (Å²) in [6.07, 6.45) is 8.70. The van der Waals surface area contributed by atoms with Crippen LogP contribution in [0.2, 0.25) is 0 Å². The molecular weight excluding hydrogens is 408 g/mol. The predicted molar refractivity (Wildman–Crippen MR) is 123 cm³/mol. The topological polar surface area (TPSA) is 78.4 Å². The average Bonchev–Trinajstić information content (AvgIpc) is 3.21. The summed E-state index contributed by atoms with van der Waals surface area (Å²) in [5.41, 5.74) is 3.22. The summed E-state index contributed by atoms with van der Waals surface area (Å²) in [6, 6.07) is 9.66. The minimum absolute atomic E-state index is 0.0285. The number of thiophene rings is 1. The minimum Gasteiger partial charge on any atom is -0.394 e. The van der Waals surface area contributed by atoms with E-state index in [0.717, 1.165) is 52.9 Å². The normalized spacial score (nSPS) is 17.2. The van der Waals surface area contributed by atoms with Crippen molar-refractivity contribution in [2.45, 2.75) is 44.7 Å². The molecule has 1 aromatic carbocycles. The van der Waals surface area contributed by atoms with Crippen LogP contribution in [-0.2, 0) is 17.8 Å². The van der Waals surface area contributed by atoms with E-state index in [0.29, 0.717) is 13.1 Å². The van der Waals surface area contributed by atoms with Gasteiger partial charge < -0.3 is 15.3 Å². The van der Waals surface area contributed by atoms with Gasteiger partial charge in [-0.1, -0.05) is 36.4 Å². The van der Waals surface area contributed by atoms with E-state index in [2.05, 4.69) is 21.4 Å². The van der Waals surface area contributed by atoms with Crippen LogP contribution in [0.3, 0.4) is 0 Å². The van der Waals surface area contributed by atoms with Crippen molar-refractivity contribution in [3.63, 3.8) is 0 Å². The number of rotatable bonds is 5. The lowest BCUT2D eigenvalue weighted by molar-refractivity contribution is -0.128. The lowest BCUT2D eigenvalue weighted by Gasteiger charge is -2.29. The first-order valence-electron chi connectivity index (χ1n) is 10.9. The molecule has 0 spiro atoms. The molecule has 2 aliphatic rings. The highest BCUT2D eigenvalue weighted by Crippen LogP contribution is 2.38. The fraction of sp³-hybridized carbons (Fsp3) is 0.375. The number of benzene rings is 1. The number of aliphatic hydroxyl groups is 1. The summed E-state index contributed by atoms with van der Waals surface area (Å²) in [7, 11) is 0. The highest BCUT2D eigenvalue weighted by Gasteiger charge is 2.28. The molecule has 0 bridgehead atoms. The van der Waals surface area contributed by atoms with Gasteiger partial charge in [0.2, 0.25) is 5.91 Å². The Kier molecular flexibility index (Phi) is 5.70. The largest absolute Gasteiger partial charge is 0.394 e. The zero-order valence-corrected chi connectivity index (χ0v) is 18.2. The van der Waals surface area contributed by atoms with E-state index < -0.39 is 0 Å². The first kappa shape index (κ1) is 20.2. The van der Waals surface area contributed by atoms with Gasteiger partial charge in [0.15, 0.2) is 0 Å². The van der Waals surface area contributed by atoms with Crippen LogP contribution in [0.5, 0.6) is 0 Å². The molecule has 6 nitrogen and oxygen atoms in total. The van der Waals surface area contributed by atoms with Gasteiger partial charge in [-0.15, -0.1) is 11.3 Å². The van der Waals surface area contributed by atoms with Crippen molar-refractivity contribution in [2.75, 3.05) is 18.5 Å². The maximum Gasteiger partial charge on any atom is 0.249 e. The summed E-state index contributed by atoms with van der Waals surface area (Å²) >= 11 is 1.65. The molecule has 0 unspecified atom stereocenters. The van der Waals surface area contributed by atoms with Gasteiger partial charge in [-0.05, 0) is 43.2 Å². The zero-order chi connectivity index (χ0) is 21.2. The maximum absolute atomic E-state index is 13.0. The van der Waals surface area contributed by atoms with E-state index in [-0.39, 0.29) is 18.6 Å². The maximum atomic E-state index is 13.0. The quantitative estimate of drug-likeness (QED) is 0.629. The van der Waals surface area contributed by atoms with Gasteiger partial charge in [-0.2, -0.15) is 0 Å². The molecule has 5 rings (SSSR count). The number of hydrogen-bond acceptors (Lipinski definition) is 6. The first-order valence-corrected chi connectivity index (χ1v) is 11.7. The third-order valence-electron chi connectivity index (χ3n) is 6.19. The van der Waals surface area contributed by atoms with Crippen LogP contribution < -0.4 is 5.32 Å². The Morgan fingerprint density at radius 3 is 2.84 bits per heavy atom. The molecule has 0 saturated heterocycles. The molecule has 0 fully saturated rings. The molecule has 0 saturated carbocycles. The highest BCUT2D eigenvalue weighted by molar-refractivity contribution is 7.19. The number of aromatic nitrogens is 2.